The molecule has 0 saturated carbocycles. The Morgan fingerprint density at radius 2 is 1.67 bits per heavy atom. The molecule has 4 rings (SSSR count). The summed E-state index contributed by atoms with van der Waals surface area (Å²) in [4.78, 5) is 28.5. The van der Waals surface area contributed by atoms with Crippen LogP contribution in [0, 0.1) is 31.5 Å². The van der Waals surface area contributed by atoms with Gasteiger partial charge in [-0.2, -0.15) is 0 Å². The molecule has 0 radical (unpaired) electrons. The lowest BCUT2D eigenvalue weighted by Crippen LogP contribution is -2.34. The average Bonchev–Trinajstić information content (AvgIpc) is 3.25. The molecule has 2 N–H and O–H groups in total. The molecule has 158 valence electrons. The third-order valence-corrected chi connectivity index (χ3v) is 6.42. The summed E-state index contributed by atoms with van der Waals surface area (Å²) >= 11 is 0. The highest BCUT2D eigenvalue weighted by molar-refractivity contribution is 5.97. The largest absolute Gasteiger partial charge is 0.371 e. The quantitative estimate of drug-likeness (QED) is 0.825. The van der Waals surface area contributed by atoms with Crippen LogP contribution in [-0.2, 0) is 11.2 Å². The first-order valence-corrected chi connectivity index (χ1v) is 10.5. The Kier molecular flexibility index (Phi) is 5.50. The Labute approximate surface area is 176 Å². The fourth-order valence-corrected chi connectivity index (χ4v) is 4.95. The zero-order chi connectivity index (χ0) is 21.4. The summed E-state index contributed by atoms with van der Waals surface area (Å²) in [6.45, 7) is 6.89. The van der Waals surface area contributed by atoms with Gasteiger partial charge in [-0.15, -0.1) is 0 Å². The topological polar surface area (TPSA) is 66.6 Å². The summed E-state index contributed by atoms with van der Waals surface area (Å²) in [6, 6.07) is 11.2. The summed E-state index contributed by atoms with van der Waals surface area (Å²) in [5, 5.41) is 0. The van der Waals surface area contributed by atoms with E-state index in [2.05, 4.69) is 17.0 Å². The summed E-state index contributed by atoms with van der Waals surface area (Å²) < 4.78 is 13.6. The van der Waals surface area contributed by atoms with Gasteiger partial charge in [-0.1, -0.05) is 12.1 Å². The molecule has 30 heavy (non-hydrogen) atoms. The first-order valence-electron chi connectivity index (χ1n) is 10.5. The van der Waals surface area contributed by atoms with Gasteiger partial charge in [-0.25, -0.2) is 4.39 Å². The Bertz CT molecular complexity index is 953. The third kappa shape index (κ3) is 4.04. The number of carbonyl (C=O) groups excluding carboxylic acids is 2. The SMILES string of the molecule is Cc1cc(F)cc(C)c1C(=O)N1CC2CN(c3cccc(CCC(N)=O)c3)CC2C1. The summed E-state index contributed by atoms with van der Waals surface area (Å²) in [5.41, 5.74) is 9.57. The number of rotatable bonds is 5. The number of carbonyl (C=O) groups is 2. The van der Waals surface area contributed by atoms with Crippen molar-refractivity contribution >= 4 is 17.5 Å². The molecule has 2 amide bonds. The first kappa shape index (κ1) is 20.4. The fraction of sp³-hybridized carbons (Fsp3) is 0.417. The van der Waals surface area contributed by atoms with Gasteiger partial charge in [0.2, 0.25) is 5.91 Å². The molecule has 2 aromatic rings. The maximum Gasteiger partial charge on any atom is 0.254 e. The molecule has 2 atom stereocenters. The molecule has 2 fully saturated rings. The van der Waals surface area contributed by atoms with E-state index in [-0.39, 0.29) is 17.6 Å². The van der Waals surface area contributed by atoms with Gasteiger partial charge in [0, 0.05) is 55.7 Å². The van der Waals surface area contributed by atoms with E-state index in [0.29, 0.717) is 41.4 Å². The van der Waals surface area contributed by atoms with Gasteiger partial charge in [0.1, 0.15) is 5.82 Å². The van der Waals surface area contributed by atoms with Crippen molar-refractivity contribution in [3.63, 3.8) is 0 Å². The summed E-state index contributed by atoms with van der Waals surface area (Å²) in [5.74, 6) is 0.300. The van der Waals surface area contributed by atoms with E-state index in [4.69, 9.17) is 5.73 Å². The van der Waals surface area contributed by atoms with Crippen molar-refractivity contribution < 1.29 is 14.0 Å². The number of likely N-dealkylation sites (tertiary alicyclic amines) is 1. The monoisotopic (exact) mass is 409 g/mol. The van der Waals surface area contributed by atoms with Gasteiger partial charge in [0.05, 0.1) is 0 Å². The molecule has 2 aliphatic heterocycles. The minimum atomic E-state index is -0.298. The van der Waals surface area contributed by atoms with Gasteiger partial charge in [0.15, 0.2) is 0 Å². The van der Waals surface area contributed by atoms with Crippen molar-refractivity contribution in [1.82, 2.24) is 4.90 Å². The standard InChI is InChI=1S/C24H28FN3O2/c1-15-8-20(25)9-16(2)23(15)24(30)28-13-18-11-27(12-19(18)14-28)21-5-3-4-17(10-21)6-7-22(26)29/h3-5,8-10,18-19H,6-7,11-14H2,1-2H3,(H2,26,29). The van der Waals surface area contributed by atoms with Crippen LogP contribution in [0.15, 0.2) is 36.4 Å². The average molecular weight is 410 g/mol. The molecule has 0 aliphatic carbocycles. The number of anilines is 1. The van der Waals surface area contributed by atoms with Crippen LogP contribution in [0.2, 0.25) is 0 Å². The maximum atomic E-state index is 13.6. The van der Waals surface area contributed by atoms with Crippen LogP contribution in [0.5, 0.6) is 0 Å². The van der Waals surface area contributed by atoms with Crippen LogP contribution < -0.4 is 10.6 Å². The van der Waals surface area contributed by atoms with Crippen LogP contribution in [0.3, 0.4) is 0 Å². The fourth-order valence-electron chi connectivity index (χ4n) is 4.95. The van der Waals surface area contributed by atoms with E-state index in [1.807, 2.05) is 17.0 Å². The molecule has 2 heterocycles. The molecule has 6 heteroatoms. The maximum absolute atomic E-state index is 13.6. The molecule has 0 bridgehead atoms. The second kappa shape index (κ2) is 8.09. The zero-order valence-electron chi connectivity index (χ0n) is 17.5. The second-order valence-electron chi connectivity index (χ2n) is 8.69. The number of primary amides is 1. The highest BCUT2D eigenvalue weighted by Crippen LogP contribution is 2.35. The van der Waals surface area contributed by atoms with E-state index < -0.39 is 0 Å². The Balaban J connectivity index is 1.42. The van der Waals surface area contributed by atoms with Crippen LogP contribution in [0.1, 0.15) is 33.5 Å². The molecule has 2 aromatic carbocycles. The number of halogens is 1. The highest BCUT2D eigenvalue weighted by atomic mass is 19.1. The number of amides is 2. The minimum Gasteiger partial charge on any atom is -0.371 e. The van der Waals surface area contributed by atoms with Crippen molar-refractivity contribution in [2.24, 2.45) is 17.6 Å². The number of hydrogen-bond acceptors (Lipinski definition) is 3. The highest BCUT2D eigenvalue weighted by Gasteiger charge is 2.42. The lowest BCUT2D eigenvalue weighted by molar-refractivity contribution is -0.117. The number of nitrogens with zero attached hydrogens (tertiary/aromatic N) is 2. The molecule has 5 nitrogen and oxygen atoms in total. The number of nitrogens with two attached hydrogens (primary N) is 1. The number of benzene rings is 2. The van der Waals surface area contributed by atoms with Crippen molar-refractivity contribution in [1.29, 1.82) is 0 Å². The predicted molar refractivity (Wildman–Crippen MR) is 115 cm³/mol. The van der Waals surface area contributed by atoms with Gasteiger partial charge >= 0.3 is 0 Å². The molecule has 2 unspecified atom stereocenters. The third-order valence-electron chi connectivity index (χ3n) is 6.42. The van der Waals surface area contributed by atoms with Crippen LogP contribution >= 0.6 is 0 Å². The summed E-state index contributed by atoms with van der Waals surface area (Å²) in [6.07, 6.45) is 1.01. The van der Waals surface area contributed by atoms with Crippen molar-refractivity contribution in [3.8, 4) is 0 Å². The van der Waals surface area contributed by atoms with Gasteiger partial charge in [-0.3, -0.25) is 9.59 Å². The number of fused-ring (bicyclic) bond motifs is 1. The lowest BCUT2D eigenvalue weighted by atomic mass is 10.0. The molecule has 2 saturated heterocycles. The minimum absolute atomic E-state index is 0.0133. The number of aryl methyl sites for hydroxylation is 3. The van der Waals surface area contributed by atoms with Gasteiger partial charge in [0.25, 0.3) is 5.91 Å². The van der Waals surface area contributed by atoms with Crippen LogP contribution in [0.4, 0.5) is 10.1 Å². The normalized spacial score (nSPS) is 20.5. The smallest absolute Gasteiger partial charge is 0.254 e. The van der Waals surface area contributed by atoms with E-state index in [1.165, 1.54) is 12.1 Å². The van der Waals surface area contributed by atoms with E-state index in [1.54, 1.807) is 13.8 Å². The molecular weight excluding hydrogens is 381 g/mol. The summed E-state index contributed by atoms with van der Waals surface area (Å²) in [7, 11) is 0. The van der Waals surface area contributed by atoms with E-state index in [9.17, 15) is 14.0 Å². The Morgan fingerprint density at radius 1 is 1.03 bits per heavy atom. The van der Waals surface area contributed by atoms with Crippen molar-refractivity contribution in [2.75, 3.05) is 31.1 Å². The van der Waals surface area contributed by atoms with Gasteiger partial charge in [-0.05, 0) is 61.2 Å². The van der Waals surface area contributed by atoms with E-state index >= 15 is 0 Å². The molecule has 0 aromatic heterocycles. The van der Waals surface area contributed by atoms with Crippen molar-refractivity contribution in [3.05, 3.63) is 64.5 Å². The Hall–Kier alpha value is -2.89. The number of hydrogen-bond donors (Lipinski definition) is 1. The van der Waals surface area contributed by atoms with Gasteiger partial charge < -0.3 is 15.5 Å². The first-order chi connectivity index (χ1) is 14.3. The Morgan fingerprint density at radius 3 is 2.27 bits per heavy atom. The van der Waals surface area contributed by atoms with E-state index in [0.717, 1.165) is 37.4 Å². The molecule has 2 aliphatic rings. The zero-order valence-corrected chi connectivity index (χ0v) is 17.5. The van der Waals surface area contributed by atoms with Crippen LogP contribution in [-0.4, -0.2) is 42.9 Å². The molecular formula is C24H28FN3O2. The molecule has 0 spiro atoms. The van der Waals surface area contributed by atoms with Crippen molar-refractivity contribution in [2.45, 2.75) is 26.7 Å². The predicted octanol–water partition coefficient (Wildman–Crippen LogP) is 3.07. The second-order valence-corrected chi connectivity index (χ2v) is 8.69. The van der Waals surface area contributed by atoms with Crippen LogP contribution in [0.25, 0.3) is 0 Å². The lowest BCUT2D eigenvalue weighted by Gasteiger charge is -2.24.